The van der Waals surface area contributed by atoms with Crippen LogP contribution in [0.5, 0.6) is 0 Å². The lowest BCUT2D eigenvalue weighted by Crippen LogP contribution is -2.22. The number of pyridine rings is 1. The van der Waals surface area contributed by atoms with E-state index in [2.05, 4.69) is 40.3 Å². The average Bonchev–Trinajstić information content (AvgIpc) is 3.07. The Kier molecular flexibility index (Phi) is 6.51. The molecule has 0 aliphatic carbocycles. The lowest BCUT2D eigenvalue weighted by atomic mass is 10.1. The van der Waals surface area contributed by atoms with Crippen LogP contribution in [0.4, 0.5) is 5.69 Å². The van der Waals surface area contributed by atoms with E-state index in [9.17, 15) is 0 Å². The second kappa shape index (κ2) is 8.61. The van der Waals surface area contributed by atoms with E-state index < -0.39 is 0 Å². The van der Waals surface area contributed by atoms with Gasteiger partial charge in [0, 0.05) is 24.3 Å². The zero-order valence-electron chi connectivity index (χ0n) is 14.2. The summed E-state index contributed by atoms with van der Waals surface area (Å²) in [6.45, 7) is 4.58. The van der Waals surface area contributed by atoms with Crippen LogP contribution in [-0.2, 0) is 6.54 Å². The molecule has 7 heteroatoms. The summed E-state index contributed by atoms with van der Waals surface area (Å²) in [6.07, 6.45) is 5.32. The van der Waals surface area contributed by atoms with Gasteiger partial charge in [-0.25, -0.2) is 14.7 Å². The molecule has 0 spiro atoms. The SMILES string of the molecule is Cc1cc(C)cc(NC(N)=NCc2ccnc(-n3cccn3)c2)c1.I. The average molecular weight is 448 g/mol. The summed E-state index contributed by atoms with van der Waals surface area (Å²) in [4.78, 5) is 8.70. The van der Waals surface area contributed by atoms with Crippen LogP contribution in [-0.4, -0.2) is 20.7 Å². The first-order valence-electron chi connectivity index (χ1n) is 7.70. The minimum atomic E-state index is 0. The molecule has 0 amide bonds. The summed E-state index contributed by atoms with van der Waals surface area (Å²) in [6, 6.07) is 11.9. The maximum Gasteiger partial charge on any atom is 0.193 e. The fraction of sp³-hybridized carbons (Fsp3) is 0.167. The van der Waals surface area contributed by atoms with E-state index in [-0.39, 0.29) is 24.0 Å². The molecule has 3 aromatic rings. The smallest absolute Gasteiger partial charge is 0.193 e. The number of aryl methyl sites for hydroxylation is 2. The molecule has 0 aliphatic heterocycles. The van der Waals surface area contributed by atoms with Crippen molar-refractivity contribution in [3.63, 3.8) is 0 Å². The van der Waals surface area contributed by atoms with Crippen molar-refractivity contribution >= 4 is 35.6 Å². The summed E-state index contributed by atoms with van der Waals surface area (Å²) < 4.78 is 1.71. The minimum absolute atomic E-state index is 0. The first-order valence-corrected chi connectivity index (χ1v) is 7.70. The molecule has 0 unspecified atom stereocenters. The van der Waals surface area contributed by atoms with E-state index in [0.717, 1.165) is 17.1 Å². The van der Waals surface area contributed by atoms with Crippen molar-refractivity contribution in [1.29, 1.82) is 0 Å². The number of hydrogen-bond acceptors (Lipinski definition) is 3. The van der Waals surface area contributed by atoms with Gasteiger partial charge in [0.2, 0.25) is 0 Å². The van der Waals surface area contributed by atoms with Crippen LogP contribution in [0, 0.1) is 13.8 Å². The maximum atomic E-state index is 5.99. The molecule has 0 atom stereocenters. The van der Waals surface area contributed by atoms with Gasteiger partial charge in [-0.3, -0.25) is 0 Å². The zero-order valence-corrected chi connectivity index (χ0v) is 16.5. The van der Waals surface area contributed by atoms with Crippen molar-refractivity contribution in [2.24, 2.45) is 10.7 Å². The molecule has 0 bridgehead atoms. The zero-order chi connectivity index (χ0) is 16.9. The normalized spacial score (nSPS) is 11.0. The molecule has 25 heavy (non-hydrogen) atoms. The molecule has 0 saturated carbocycles. The second-order valence-electron chi connectivity index (χ2n) is 5.68. The monoisotopic (exact) mass is 448 g/mol. The highest BCUT2D eigenvalue weighted by Gasteiger charge is 2.01. The van der Waals surface area contributed by atoms with E-state index in [4.69, 9.17) is 5.73 Å². The third-order valence-corrected chi connectivity index (χ3v) is 3.48. The van der Waals surface area contributed by atoms with Gasteiger partial charge in [-0.2, -0.15) is 5.10 Å². The van der Waals surface area contributed by atoms with Crippen molar-refractivity contribution < 1.29 is 0 Å². The van der Waals surface area contributed by atoms with Gasteiger partial charge in [-0.05, 0) is 60.9 Å². The number of benzene rings is 1. The Morgan fingerprint density at radius 1 is 1.16 bits per heavy atom. The van der Waals surface area contributed by atoms with Crippen LogP contribution in [0.15, 0.2) is 60.0 Å². The van der Waals surface area contributed by atoms with Gasteiger partial charge in [0.05, 0.1) is 6.54 Å². The topological polar surface area (TPSA) is 81.1 Å². The number of aliphatic imine (C=N–C) groups is 1. The summed E-state index contributed by atoms with van der Waals surface area (Å²) in [7, 11) is 0. The molecule has 1 aromatic carbocycles. The van der Waals surface area contributed by atoms with Crippen LogP contribution in [0.25, 0.3) is 5.82 Å². The van der Waals surface area contributed by atoms with Gasteiger partial charge < -0.3 is 11.1 Å². The van der Waals surface area contributed by atoms with E-state index in [0.29, 0.717) is 12.5 Å². The Labute approximate surface area is 164 Å². The lowest BCUT2D eigenvalue weighted by Gasteiger charge is -2.08. The van der Waals surface area contributed by atoms with E-state index in [1.54, 1.807) is 17.1 Å². The number of nitrogens with one attached hydrogen (secondary N) is 1. The van der Waals surface area contributed by atoms with Crippen molar-refractivity contribution in [3.8, 4) is 5.82 Å². The van der Waals surface area contributed by atoms with Gasteiger partial charge in [0.1, 0.15) is 0 Å². The van der Waals surface area contributed by atoms with Crippen molar-refractivity contribution in [2.75, 3.05) is 5.32 Å². The number of hydrogen-bond donors (Lipinski definition) is 2. The Bertz CT molecular complexity index is 838. The predicted octanol–water partition coefficient (Wildman–Crippen LogP) is 3.43. The number of nitrogens with two attached hydrogens (primary N) is 1. The van der Waals surface area contributed by atoms with Gasteiger partial charge >= 0.3 is 0 Å². The number of anilines is 1. The Morgan fingerprint density at radius 2 is 1.92 bits per heavy atom. The number of halogens is 1. The molecular weight excluding hydrogens is 427 g/mol. The van der Waals surface area contributed by atoms with Gasteiger partial charge in [-0.15, -0.1) is 24.0 Å². The summed E-state index contributed by atoms with van der Waals surface area (Å²) in [5.74, 6) is 1.14. The standard InChI is InChI=1S/C18H20N6.HI/c1-13-8-14(2)10-16(9-13)23-18(19)21-12-15-4-6-20-17(11-15)24-7-3-5-22-24;/h3-11H,12H2,1-2H3,(H3,19,21,23);1H. The van der Waals surface area contributed by atoms with Crippen molar-refractivity contribution in [1.82, 2.24) is 14.8 Å². The quantitative estimate of drug-likeness (QED) is 0.364. The molecule has 2 aromatic heterocycles. The molecule has 0 saturated heterocycles. The summed E-state index contributed by atoms with van der Waals surface area (Å²) in [5.41, 5.74) is 10.3. The molecular formula is C18H21IN6. The van der Waals surface area contributed by atoms with Crippen LogP contribution in [0.2, 0.25) is 0 Å². The molecule has 0 radical (unpaired) electrons. The van der Waals surface area contributed by atoms with Crippen LogP contribution < -0.4 is 11.1 Å². The lowest BCUT2D eigenvalue weighted by molar-refractivity contribution is 0.841. The number of nitrogens with zero attached hydrogens (tertiary/aromatic N) is 4. The highest BCUT2D eigenvalue weighted by Crippen LogP contribution is 2.13. The first kappa shape index (κ1) is 18.9. The Balaban J connectivity index is 0.00000225. The molecule has 3 N–H and O–H groups in total. The van der Waals surface area contributed by atoms with Crippen LogP contribution in [0.3, 0.4) is 0 Å². The maximum absolute atomic E-state index is 5.99. The second-order valence-corrected chi connectivity index (χ2v) is 5.68. The molecule has 0 fully saturated rings. The van der Waals surface area contributed by atoms with E-state index in [1.165, 1.54) is 11.1 Å². The highest BCUT2D eigenvalue weighted by molar-refractivity contribution is 14.0. The predicted molar refractivity (Wildman–Crippen MR) is 112 cm³/mol. The molecule has 130 valence electrons. The molecule has 3 rings (SSSR count). The summed E-state index contributed by atoms with van der Waals surface area (Å²) in [5, 5.41) is 7.31. The minimum Gasteiger partial charge on any atom is -0.370 e. The van der Waals surface area contributed by atoms with E-state index >= 15 is 0 Å². The molecule has 2 heterocycles. The largest absolute Gasteiger partial charge is 0.370 e. The van der Waals surface area contributed by atoms with Gasteiger partial charge in [0.25, 0.3) is 0 Å². The first-order chi connectivity index (χ1) is 11.6. The van der Waals surface area contributed by atoms with Gasteiger partial charge in [-0.1, -0.05) is 6.07 Å². The van der Waals surface area contributed by atoms with Gasteiger partial charge in [0.15, 0.2) is 11.8 Å². The Morgan fingerprint density at radius 3 is 2.60 bits per heavy atom. The Hall–Kier alpha value is -2.42. The third-order valence-electron chi connectivity index (χ3n) is 3.48. The van der Waals surface area contributed by atoms with Crippen LogP contribution in [0.1, 0.15) is 16.7 Å². The third kappa shape index (κ3) is 5.28. The highest BCUT2D eigenvalue weighted by atomic mass is 127. The molecule has 6 nitrogen and oxygen atoms in total. The molecule has 0 aliphatic rings. The van der Waals surface area contributed by atoms with Crippen molar-refractivity contribution in [3.05, 3.63) is 71.7 Å². The fourth-order valence-electron chi connectivity index (χ4n) is 2.50. The number of rotatable bonds is 4. The number of guanidine groups is 1. The van der Waals surface area contributed by atoms with Crippen LogP contribution >= 0.6 is 24.0 Å². The fourth-order valence-corrected chi connectivity index (χ4v) is 2.50. The van der Waals surface area contributed by atoms with Crippen molar-refractivity contribution in [2.45, 2.75) is 20.4 Å². The summed E-state index contributed by atoms with van der Waals surface area (Å²) >= 11 is 0. The van der Waals surface area contributed by atoms with E-state index in [1.807, 2.05) is 36.5 Å². The number of aromatic nitrogens is 3.